The van der Waals surface area contributed by atoms with E-state index in [9.17, 15) is 0 Å². The average Bonchev–Trinajstić information content (AvgIpc) is 2.03. The van der Waals surface area contributed by atoms with Crippen molar-refractivity contribution in [3.8, 4) is 0 Å². The van der Waals surface area contributed by atoms with Gasteiger partial charge >= 0.3 is 0 Å². The number of rotatable bonds is 0. The summed E-state index contributed by atoms with van der Waals surface area (Å²) in [6.07, 6.45) is 0. The SMILES string of the molecule is [CH-]=C.[CH-]=C.[CH-]=C.[CH-]=C.[Zn]. The zero-order chi connectivity index (χ0) is 8.00. The van der Waals surface area contributed by atoms with Crippen molar-refractivity contribution < 1.29 is 19.5 Å². The fourth-order valence-corrected chi connectivity index (χ4v) is 0. The molecule has 0 fully saturated rings. The van der Waals surface area contributed by atoms with E-state index in [0.29, 0.717) is 0 Å². The van der Waals surface area contributed by atoms with Gasteiger partial charge in [0.25, 0.3) is 0 Å². The van der Waals surface area contributed by atoms with Crippen molar-refractivity contribution >= 4 is 0 Å². The third-order valence-electron chi connectivity index (χ3n) is 0. The predicted octanol–water partition coefficient (Wildman–Crippen LogP) is 2.42. The second-order valence-corrected chi connectivity index (χ2v) is 0. The van der Waals surface area contributed by atoms with E-state index in [1.165, 1.54) is 0 Å². The first-order valence-corrected chi connectivity index (χ1v) is 1.63. The minimum atomic E-state index is 0. The fraction of sp³-hybridized carbons (Fsp3) is 0. The van der Waals surface area contributed by atoms with Gasteiger partial charge < -0.3 is 26.3 Å². The Morgan fingerprint density at radius 1 is 0.444 bits per heavy atom. The van der Waals surface area contributed by atoms with Gasteiger partial charge in [-0.2, -0.15) is 0 Å². The van der Waals surface area contributed by atoms with Crippen molar-refractivity contribution in [3.63, 3.8) is 0 Å². The van der Waals surface area contributed by atoms with Crippen molar-refractivity contribution in [1.82, 2.24) is 0 Å². The minimum Gasteiger partial charge on any atom is -0.521 e. The summed E-state index contributed by atoms with van der Waals surface area (Å²) in [5.41, 5.74) is 0. The van der Waals surface area contributed by atoms with Gasteiger partial charge in [-0.3, -0.25) is 26.3 Å². The van der Waals surface area contributed by atoms with Crippen molar-refractivity contribution in [2.24, 2.45) is 0 Å². The largest absolute Gasteiger partial charge is 0.521 e. The van der Waals surface area contributed by atoms with Crippen molar-refractivity contribution in [2.75, 3.05) is 0 Å². The maximum absolute atomic E-state index is 4.25. The molecule has 0 rings (SSSR count). The fourth-order valence-electron chi connectivity index (χ4n) is 0. The predicted molar refractivity (Wildman–Crippen MR) is 39.7 cm³/mol. The Morgan fingerprint density at radius 3 is 0.444 bits per heavy atom. The smallest absolute Gasteiger partial charge is 0 e. The van der Waals surface area contributed by atoms with Crippen LogP contribution in [0.4, 0.5) is 0 Å². The third kappa shape index (κ3) is 1360. The molecule has 0 heterocycles. The Labute approximate surface area is 72.4 Å². The van der Waals surface area contributed by atoms with Crippen molar-refractivity contribution in [2.45, 2.75) is 0 Å². The van der Waals surface area contributed by atoms with Crippen LogP contribution >= 0.6 is 0 Å². The van der Waals surface area contributed by atoms with Crippen LogP contribution in [0.15, 0.2) is 26.3 Å². The van der Waals surface area contributed by atoms with Crippen LogP contribution in [-0.2, 0) is 19.5 Å². The molecule has 0 bridgehead atoms. The number of hydrogen-bond acceptors (Lipinski definition) is 0. The van der Waals surface area contributed by atoms with E-state index in [1.54, 1.807) is 0 Å². The van der Waals surface area contributed by atoms with Gasteiger partial charge in [0.15, 0.2) is 0 Å². The van der Waals surface area contributed by atoms with Crippen LogP contribution in [0.3, 0.4) is 0 Å². The van der Waals surface area contributed by atoms with Gasteiger partial charge in [0, 0.05) is 19.5 Å². The Morgan fingerprint density at radius 2 is 0.444 bits per heavy atom. The first-order valence-electron chi connectivity index (χ1n) is 1.63. The molecule has 0 spiro atoms. The summed E-state index contributed by atoms with van der Waals surface area (Å²) in [4.78, 5) is 0. The average molecular weight is 174 g/mol. The normalized spacial score (nSPS) is 1.78. The maximum Gasteiger partial charge on any atom is 0 e. The third-order valence-corrected chi connectivity index (χ3v) is 0. The summed E-state index contributed by atoms with van der Waals surface area (Å²) in [5.74, 6) is 0. The second-order valence-electron chi connectivity index (χ2n) is 0. The van der Waals surface area contributed by atoms with E-state index in [0.717, 1.165) is 0 Å². The van der Waals surface area contributed by atoms with E-state index in [4.69, 9.17) is 0 Å². The molecule has 1 heteroatoms. The molecule has 0 aromatic rings. The zero-order valence-corrected chi connectivity index (χ0v) is 8.81. The Hall–Kier alpha value is -0.417. The minimum absolute atomic E-state index is 0. The van der Waals surface area contributed by atoms with Crippen LogP contribution < -0.4 is 0 Å². The van der Waals surface area contributed by atoms with Gasteiger partial charge in [-0.25, -0.2) is 0 Å². The molecule has 0 aliphatic heterocycles. The summed E-state index contributed by atoms with van der Waals surface area (Å²) in [7, 11) is 0. The summed E-state index contributed by atoms with van der Waals surface area (Å²) in [6, 6.07) is 0. The first-order chi connectivity index (χ1) is 4.00. The standard InChI is InChI=1S/4C2H3.Zn/c4*1-2;/h4*1H,2H2;/q4*-1;. The molecular formula is C8H12Zn-4. The molecule has 0 aliphatic carbocycles. The Kier molecular flexibility index (Phi) is 8090. The Bertz CT molecular complexity index is 12.5. The summed E-state index contributed by atoms with van der Waals surface area (Å²) in [6.45, 7) is 28.0. The molecule has 0 atom stereocenters. The van der Waals surface area contributed by atoms with E-state index < -0.39 is 0 Å². The van der Waals surface area contributed by atoms with Crippen LogP contribution in [0.25, 0.3) is 0 Å². The van der Waals surface area contributed by atoms with Gasteiger partial charge in [-0.1, -0.05) is 0 Å². The zero-order valence-electron chi connectivity index (χ0n) is 5.84. The van der Waals surface area contributed by atoms with Gasteiger partial charge in [0.1, 0.15) is 0 Å². The van der Waals surface area contributed by atoms with Crippen molar-refractivity contribution in [3.05, 3.63) is 52.6 Å². The Balaban J connectivity index is -0.00000000762. The van der Waals surface area contributed by atoms with Crippen LogP contribution in [0.2, 0.25) is 0 Å². The molecule has 50 valence electrons. The molecule has 0 radical (unpaired) electrons. The van der Waals surface area contributed by atoms with Crippen LogP contribution in [0.1, 0.15) is 0 Å². The summed E-state index contributed by atoms with van der Waals surface area (Å²) in [5, 5.41) is 0. The van der Waals surface area contributed by atoms with E-state index in [-0.39, 0.29) is 19.5 Å². The van der Waals surface area contributed by atoms with Crippen LogP contribution in [0.5, 0.6) is 0 Å². The first kappa shape index (κ1) is 38.4. The van der Waals surface area contributed by atoms with Crippen LogP contribution in [-0.4, -0.2) is 0 Å². The van der Waals surface area contributed by atoms with Gasteiger partial charge in [0.2, 0.25) is 0 Å². The molecule has 0 nitrogen and oxygen atoms in total. The summed E-state index contributed by atoms with van der Waals surface area (Å²) < 4.78 is 0. The van der Waals surface area contributed by atoms with Gasteiger partial charge in [0.05, 0.1) is 0 Å². The molecule has 0 saturated carbocycles. The molecule has 0 amide bonds. The number of hydrogen-bond donors (Lipinski definition) is 0. The molecule has 0 saturated heterocycles. The van der Waals surface area contributed by atoms with Gasteiger partial charge in [-0.05, 0) is 0 Å². The maximum atomic E-state index is 4.25. The van der Waals surface area contributed by atoms with E-state index in [2.05, 4.69) is 52.6 Å². The molecule has 0 N–H and O–H groups in total. The molecular weight excluding hydrogens is 161 g/mol. The molecule has 0 unspecified atom stereocenters. The molecule has 0 aliphatic rings. The second kappa shape index (κ2) is 1890. The molecule has 0 aromatic heterocycles. The molecule has 0 aromatic carbocycles. The molecule has 9 heavy (non-hydrogen) atoms. The monoisotopic (exact) mass is 172 g/mol. The summed E-state index contributed by atoms with van der Waals surface area (Å²) >= 11 is 0. The van der Waals surface area contributed by atoms with Crippen molar-refractivity contribution in [1.29, 1.82) is 0 Å². The van der Waals surface area contributed by atoms with Crippen LogP contribution in [0, 0.1) is 26.3 Å². The van der Waals surface area contributed by atoms with E-state index >= 15 is 0 Å². The quantitative estimate of drug-likeness (QED) is 0.390. The topological polar surface area (TPSA) is 0 Å². The van der Waals surface area contributed by atoms with Gasteiger partial charge in [-0.15, -0.1) is 0 Å². The van der Waals surface area contributed by atoms with E-state index in [1.807, 2.05) is 0 Å².